The summed E-state index contributed by atoms with van der Waals surface area (Å²) in [6.07, 6.45) is 4.86. The first-order valence-corrected chi connectivity index (χ1v) is 5.27. The van der Waals surface area contributed by atoms with Crippen molar-refractivity contribution in [2.45, 2.75) is 46.5 Å². The van der Waals surface area contributed by atoms with Crippen LogP contribution in [0.2, 0.25) is 0 Å². The van der Waals surface area contributed by atoms with Gasteiger partial charge < -0.3 is 0 Å². The van der Waals surface area contributed by atoms with Crippen molar-refractivity contribution in [2.75, 3.05) is 0 Å². The summed E-state index contributed by atoms with van der Waals surface area (Å²) in [4.78, 5) is 0. The smallest absolute Gasteiger partial charge is 0.0111 e. The van der Waals surface area contributed by atoms with E-state index in [-0.39, 0.29) is 0 Å². The Labute approximate surface area is 82.0 Å². The summed E-state index contributed by atoms with van der Waals surface area (Å²) in [5.74, 6) is 1.56. The number of hydrogen-bond donors (Lipinski definition) is 0. The van der Waals surface area contributed by atoms with Crippen molar-refractivity contribution >= 4 is 11.6 Å². The fourth-order valence-electron chi connectivity index (χ4n) is 1.25. The van der Waals surface area contributed by atoms with Crippen LogP contribution >= 0.6 is 11.6 Å². The molecule has 0 N–H and O–H groups in total. The van der Waals surface area contributed by atoms with Crippen molar-refractivity contribution in [2.24, 2.45) is 11.8 Å². The predicted octanol–water partition coefficient (Wildman–Crippen LogP) is 4.59. The Morgan fingerprint density at radius 1 is 1.25 bits per heavy atom. The van der Waals surface area contributed by atoms with Gasteiger partial charge in [-0.3, -0.25) is 0 Å². The maximum Gasteiger partial charge on any atom is 0.0111 e. The molecule has 0 spiro atoms. The molecular formula is C11H21Cl. The zero-order valence-corrected chi connectivity index (χ0v) is 9.32. The van der Waals surface area contributed by atoms with Gasteiger partial charge in [-0.05, 0) is 18.3 Å². The second-order valence-corrected chi connectivity index (χ2v) is 4.45. The zero-order valence-electron chi connectivity index (χ0n) is 8.57. The van der Waals surface area contributed by atoms with Crippen molar-refractivity contribution in [3.8, 4) is 0 Å². The van der Waals surface area contributed by atoms with Crippen LogP contribution in [0.1, 0.15) is 46.5 Å². The number of allylic oxidation sites excluding steroid dienone is 1. The first-order chi connectivity index (χ1) is 5.56. The molecule has 0 aromatic carbocycles. The van der Waals surface area contributed by atoms with E-state index in [4.69, 9.17) is 11.6 Å². The van der Waals surface area contributed by atoms with Gasteiger partial charge in [0, 0.05) is 5.03 Å². The van der Waals surface area contributed by atoms with Crippen molar-refractivity contribution < 1.29 is 0 Å². The van der Waals surface area contributed by atoms with Crippen molar-refractivity contribution in [1.82, 2.24) is 0 Å². The summed E-state index contributed by atoms with van der Waals surface area (Å²) in [6, 6.07) is 0. The topological polar surface area (TPSA) is 0 Å². The third-order valence-corrected chi connectivity index (χ3v) is 2.57. The molecule has 0 radical (unpaired) electrons. The minimum atomic E-state index is 0.698. The molecule has 2 unspecified atom stereocenters. The fraction of sp³-hybridized carbons (Fsp3) is 0.818. The molecule has 0 amide bonds. The second kappa shape index (κ2) is 6.54. The highest BCUT2D eigenvalue weighted by Gasteiger charge is 2.05. The number of hydrogen-bond acceptors (Lipinski definition) is 0. The lowest BCUT2D eigenvalue weighted by Gasteiger charge is -2.13. The largest absolute Gasteiger partial charge is 0.0898 e. The molecule has 0 nitrogen and oxygen atoms in total. The Morgan fingerprint density at radius 2 is 1.75 bits per heavy atom. The lowest BCUT2D eigenvalue weighted by molar-refractivity contribution is 0.423. The molecule has 0 rings (SSSR count). The Balaban J connectivity index is 3.43. The molecule has 0 aliphatic carbocycles. The second-order valence-electron chi connectivity index (χ2n) is 3.92. The Kier molecular flexibility index (Phi) is 6.55. The van der Waals surface area contributed by atoms with Crippen LogP contribution in [0.25, 0.3) is 0 Å². The van der Waals surface area contributed by atoms with Gasteiger partial charge in [-0.25, -0.2) is 0 Å². The van der Waals surface area contributed by atoms with E-state index in [1.54, 1.807) is 0 Å². The van der Waals surface area contributed by atoms with E-state index in [0.29, 0.717) is 5.92 Å². The molecule has 12 heavy (non-hydrogen) atoms. The summed E-state index contributed by atoms with van der Waals surface area (Å²) in [5, 5.41) is 0.798. The van der Waals surface area contributed by atoms with E-state index in [1.165, 1.54) is 19.3 Å². The van der Waals surface area contributed by atoms with Gasteiger partial charge in [0.2, 0.25) is 0 Å². The SMILES string of the molecule is C=C(Cl)CC(C)CCC(C)CC. The molecule has 0 bridgehead atoms. The van der Waals surface area contributed by atoms with Crippen molar-refractivity contribution in [1.29, 1.82) is 0 Å². The number of halogens is 1. The molecule has 2 atom stereocenters. The van der Waals surface area contributed by atoms with Crippen LogP contribution in [0, 0.1) is 11.8 Å². The molecule has 0 saturated heterocycles. The van der Waals surface area contributed by atoms with Gasteiger partial charge in [-0.2, -0.15) is 0 Å². The Bertz CT molecular complexity index is 129. The standard InChI is InChI=1S/C11H21Cl/c1-5-9(2)6-7-10(3)8-11(4)12/h9-10H,4-8H2,1-3H3. The molecule has 0 heterocycles. The Hall–Kier alpha value is 0.0300. The summed E-state index contributed by atoms with van der Waals surface area (Å²) in [6.45, 7) is 10.5. The molecule has 0 saturated carbocycles. The predicted molar refractivity (Wildman–Crippen MR) is 57.5 cm³/mol. The average Bonchev–Trinajstić information content (AvgIpc) is 1.99. The first kappa shape index (κ1) is 12.0. The minimum absolute atomic E-state index is 0.698. The highest BCUT2D eigenvalue weighted by atomic mass is 35.5. The first-order valence-electron chi connectivity index (χ1n) is 4.89. The minimum Gasteiger partial charge on any atom is -0.0898 e. The molecule has 1 heteroatoms. The number of rotatable bonds is 6. The third kappa shape index (κ3) is 6.72. The molecule has 72 valence electrons. The highest BCUT2D eigenvalue weighted by Crippen LogP contribution is 2.21. The van der Waals surface area contributed by atoms with E-state index in [0.717, 1.165) is 17.4 Å². The van der Waals surface area contributed by atoms with Gasteiger partial charge in [0.25, 0.3) is 0 Å². The molecule has 0 aromatic rings. The van der Waals surface area contributed by atoms with E-state index < -0.39 is 0 Å². The quantitative estimate of drug-likeness (QED) is 0.572. The molecule has 0 aliphatic heterocycles. The van der Waals surface area contributed by atoms with Crippen LogP contribution < -0.4 is 0 Å². The van der Waals surface area contributed by atoms with E-state index >= 15 is 0 Å². The van der Waals surface area contributed by atoms with Crippen LogP contribution in [0.3, 0.4) is 0 Å². The zero-order chi connectivity index (χ0) is 9.56. The summed E-state index contributed by atoms with van der Waals surface area (Å²) < 4.78 is 0. The van der Waals surface area contributed by atoms with Gasteiger partial charge in [0.15, 0.2) is 0 Å². The molecule has 0 aliphatic rings. The summed E-state index contributed by atoms with van der Waals surface area (Å²) >= 11 is 5.73. The monoisotopic (exact) mass is 188 g/mol. The van der Waals surface area contributed by atoms with Crippen molar-refractivity contribution in [3.05, 3.63) is 11.6 Å². The summed E-state index contributed by atoms with van der Waals surface area (Å²) in [5.41, 5.74) is 0. The fourth-order valence-corrected chi connectivity index (χ4v) is 1.52. The van der Waals surface area contributed by atoms with Gasteiger partial charge in [-0.15, -0.1) is 0 Å². The lowest BCUT2D eigenvalue weighted by atomic mass is 9.94. The average molecular weight is 189 g/mol. The van der Waals surface area contributed by atoms with Gasteiger partial charge in [0.1, 0.15) is 0 Å². The summed E-state index contributed by atoms with van der Waals surface area (Å²) in [7, 11) is 0. The van der Waals surface area contributed by atoms with E-state index in [2.05, 4.69) is 27.4 Å². The van der Waals surface area contributed by atoms with Gasteiger partial charge in [-0.1, -0.05) is 58.2 Å². The van der Waals surface area contributed by atoms with Crippen LogP contribution in [0.5, 0.6) is 0 Å². The lowest BCUT2D eigenvalue weighted by Crippen LogP contribution is -1.99. The molecule has 0 aromatic heterocycles. The Morgan fingerprint density at radius 3 is 2.17 bits per heavy atom. The van der Waals surface area contributed by atoms with E-state index in [9.17, 15) is 0 Å². The maximum absolute atomic E-state index is 5.73. The normalized spacial score (nSPS) is 15.7. The molecular weight excluding hydrogens is 168 g/mol. The van der Waals surface area contributed by atoms with Crippen LogP contribution in [-0.4, -0.2) is 0 Å². The molecule has 0 fully saturated rings. The third-order valence-electron chi connectivity index (χ3n) is 2.42. The van der Waals surface area contributed by atoms with Gasteiger partial charge >= 0.3 is 0 Å². The maximum atomic E-state index is 5.73. The highest BCUT2D eigenvalue weighted by molar-refractivity contribution is 6.29. The van der Waals surface area contributed by atoms with Crippen LogP contribution in [0.15, 0.2) is 11.6 Å². The van der Waals surface area contributed by atoms with Crippen LogP contribution in [-0.2, 0) is 0 Å². The van der Waals surface area contributed by atoms with Gasteiger partial charge in [0.05, 0.1) is 0 Å². The van der Waals surface area contributed by atoms with E-state index in [1.807, 2.05) is 0 Å². The van der Waals surface area contributed by atoms with Crippen LogP contribution in [0.4, 0.5) is 0 Å². The van der Waals surface area contributed by atoms with Crippen molar-refractivity contribution in [3.63, 3.8) is 0 Å².